The molecule has 1 fully saturated rings. The van der Waals surface area contributed by atoms with Gasteiger partial charge in [-0.15, -0.1) is 0 Å². The van der Waals surface area contributed by atoms with E-state index in [1.807, 2.05) is 19.1 Å². The molecule has 1 amide bonds. The molecule has 1 aromatic carbocycles. The molecule has 3 heterocycles. The van der Waals surface area contributed by atoms with E-state index in [4.69, 9.17) is 25.8 Å². The minimum absolute atomic E-state index is 0.00782. The predicted octanol–water partition coefficient (Wildman–Crippen LogP) is 4.38. The summed E-state index contributed by atoms with van der Waals surface area (Å²) < 4.78 is 11.8. The van der Waals surface area contributed by atoms with Gasteiger partial charge in [-0.1, -0.05) is 34.2 Å². The van der Waals surface area contributed by atoms with Crippen molar-refractivity contribution in [3.05, 3.63) is 40.2 Å². The van der Waals surface area contributed by atoms with Crippen molar-refractivity contribution < 1.29 is 14.1 Å². The molecule has 6 nitrogen and oxygen atoms in total. The number of aromatic nitrogens is 2. The zero-order chi connectivity index (χ0) is 18.3. The summed E-state index contributed by atoms with van der Waals surface area (Å²) in [6, 6.07) is 5.42. The number of carbonyl (C=O) groups excluding carboxylic acids is 1. The number of fused-ring (bicyclic) bond motifs is 1. The van der Waals surface area contributed by atoms with Crippen LogP contribution in [0.25, 0.3) is 10.2 Å². The van der Waals surface area contributed by atoms with Crippen LogP contribution in [-0.2, 0) is 4.74 Å². The Balaban J connectivity index is 1.75. The van der Waals surface area contributed by atoms with Gasteiger partial charge in [-0.3, -0.25) is 9.69 Å². The molecule has 1 aliphatic rings. The second-order valence-corrected chi connectivity index (χ2v) is 7.81. The number of carbonyl (C=O) groups is 1. The molecule has 26 heavy (non-hydrogen) atoms. The van der Waals surface area contributed by atoms with E-state index in [1.54, 1.807) is 17.9 Å². The molecule has 1 aliphatic heterocycles. The largest absolute Gasteiger partial charge is 0.376 e. The van der Waals surface area contributed by atoms with Gasteiger partial charge in [0.05, 0.1) is 33.6 Å². The lowest BCUT2D eigenvalue weighted by Crippen LogP contribution is -2.37. The van der Waals surface area contributed by atoms with E-state index in [1.165, 1.54) is 11.3 Å². The molecule has 3 aromatic rings. The van der Waals surface area contributed by atoms with Crippen molar-refractivity contribution in [3.63, 3.8) is 0 Å². The van der Waals surface area contributed by atoms with Gasteiger partial charge >= 0.3 is 0 Å². The van der Waals surface area contributed by atoms with Gasteiger partial charge in [0, 0.05) is 12.7 Å². The minimum Gasteiger partial charge on any atom is -0.376 e. The van der Waals surface area contributed by atoms with E-state index < -0.39 is 0 Å². The first-order valence-corrected chi connectivity index (χ1v) is 9.65. The Kier molecular flexibility index (Phi) is 4.69. The Bertz CT molecular complexity index is 923. The molecule has 1 saturated heterocycles. The van der Waals surface area contributed by atoms with Crippen molar-refractivity contribution in [2.75, 3.05) is 18.1 Å². The van der Waals surface area contributed by atoms with Crippen LogP contribution in [0.2, 0.25) is 5.02 Å². The molecular weight excluding hydrogens is 374 g/mol. The number of nitrogens with zero attached hydrogens (tertiary/aromatic N) is 3. The fourth-order valence-electron chi connectivity index (χ4n) is 3.04. The maximum Gasteiger partial charge on any atom is 0.298 e. The van der Waals surface area contributed by atoms with Crippen LogP contribution in [0.15, 0.2) is 22.7 Å². The lowest BCUT2D eigenvalue weighted by Gasteiger charge is -2.21. The number of halogens is 1. The third kappa shape index (κ3) is 3.22. The summed E-state index contributed by atoms with van der Waals surface area (Å²) in [4.78, 5) is 19.4. The number of benzene rings is 1. The molecule has 0 bridgehead atoms. The van der Waals surface area contributed by atoms with Crippen LogP contribution >= 0.6 is 22.9 Å². The highest BCUT2D eigenvalue weighted by Gasteiger charge is 2.29. The number of anilines is 1. The van der Waals surface area contributed by atoms with E-state index in [9.17, 15) is 4.79 Å². The second-order valence-electron chi connectivity index (χ2n) is 6.42. The SMILES string of the molecule is Cc1cc(C(=O)N(C[C@@H]2CCCO2)c2nc3c(C)ccc(Cl)c3s2)on1. The fourth-order valence-corrected chi connectivity index (χ4v) is 4.37. The average molecular weight is 392 g/mol. The van der Waals surface area contributed by atoms with Crippen LogP contribution < -0.4 is 4.90 Å². The molecule has 8 heteroatoms. The number of thiazole rings is 1. The number of rotatable bonds is 4. The monoisotopic (exact) mass is 391 g/mol. The first-order valence-electron chi connectivity index (χ1n) is 8.45. The van der Waals surface area contributed by atoms with Crippen LogP contribution in [0.1, 0.15) is 34.7 Å². The number of amides is 1. The molecule has 0 spiro atoms. The van der Waals surface area contributed by atoms with Crippen molar-refractivity contribution in [3.8, 4) is 0 Å². The van der Waals surface area contributed by atoms with E-state index in [0.717, 1.165) is 35.2 Å². The van der Waals surface area contributed by atoms with Crippen LogP contribution in [0.3, 0.4) is 0 Å². The standard InChI is InChI=1S/C18H18ClN3O3S/c1-10-5-6-13(19)16-15(10)20-18(26-16)22(9-12-4-3-7-24-12)17(23)14-8-11(2)21-25-14/h5-6,8,12H,3-4,7,9H2,1-2H3/t12-/m0/s1. The maximum atomic E-state index is 13.1. The first kappa shape index (κ1) is 17.5. The molecule has 0 aliphatic carbocycles. The third-order valence-corrected chi connectivity index (χ3v) is 5.95. The van der Waals surface area contributed by atoms with Crippen molar-refractivity contribution in [2.24, 2.45) is 0 Å². The molecule has 1 atom stereocenters. The van der Waals surface area contributed by atoms with Crippen molar-refractivity contribution in [1.29, 1.82) is 0 Å². The van der Waals surface area contributed by atoms with Crippen molar-refractivity contribution in [2.45, 2.75) is 32.8 Å². The van der Waals surface area contributed by atoms with Crippen molar-refractivity contribution in [1.82, 2.24) is 10.1 Å². The molecule has 4 rings (SSSR count). The fraction of sp³-hybridized carbons (Fsp3) is 0.389. The van der Waals surface area contributed by atoms with Gasteiger partial charge in [0.15, 0.2) is 5.13 Å². The first-order chi connectivity index (χ1) is 12.5. The van der Waals surface area contributed by atoms with Gasteiger partial charge in [0.1, 0.15) is 0 Å². The molecule has 0 saturated carbocycles. The summed E-state index contributed by atoms with van der Waals surface area (Å²) in [6.07, 6.45) is 1.91. The molecule has 136 valence electrons. The average Bonchev–Trinajstić information content (AvgIpc) is 3.35. The number of aryl methyl sites for hydroxylation is 2. The quantitative estimate of drug-likeness (QED) is 0.660. The van der Waals surface area contributed by atoms with E-state index >= 15 is 0 Å². The summed E-state index contributed by atoms with van der Waals surface area (Å²) in [5.41, 5.74) is 2.50. The normalized spacial score (nSPS) is 17.1. The number of ether oxygens (including phenoxy) is 1. The lowest BCUT2D eigenvalue weighted by atomic mass is 10.2. The lowest BCUT2D eigenvalue weighted by molar-refractivity contribution is 0.0887. The third-order valence-electron chi connectivity index (χ3n) is 4.41. The van der Waals surface area contributed by atoms with Gasteiger partial charge < -0.3 is 9.26 Å². The summed E-state index contributed by atoms with van der Waals surface area (Å²) >= 11 is 7.73. The minimum atomic E-state index is -0.270. The molecule has 0 unspecified atom stereocenters. The van der Waals surface area contributed by atoms with Crippen LogP contribution in [0.4, 0.5) is 5.13 Å². The highest BCUT2D eigenvalue weighted by Crippen LogP contribution is 2.36. The number of hydrogen-bond acceptors (Lipinski definition) is 6. The van der Waals surface area contributed by atoms with E-state index in [-0.39, 0.29) is 17.8 Å². The summed E-state index contributed by atoms with van der Waals surface area (Å²) in [7, 11) is 0. The highest BCUT2D eigenvalue weighted by atomic mass is 35.5. The predicted molar refractivity (Wildman–Crippen MR) is 101 cm³/mol. The smallest absolute Gasteiger partial charge is 0.298 e. The zero-order valence-corrected chi connectivity index (χ0v) is 16.1. The maximum absolute atomic E-state index is 13.1. The Morgan fingerprint density at radius 1 is 1.42 bits per heavy atom. The van der Waals surface area contributed by atoms with E-state index in [0.29, 0.717) is 22.4 Å². The Morgan fingerprint density at radius 3 is 2.92 bits per heavy atom. The van der Waals surface area contributed by atoms with Crippen LogP contribution in [0, 0.1) is 13.8 Å². The Labute approximate surface area is 159 Å². The van der Waals surface area contributed by atoms with Crippen LogP contribution in [-0.4, -0.2) is 35.3 Å². The van der Waals surface area contributed by atoms with Gasteiger partial charge in [-0.2, -0.15) is 0 Å². The molecule has 0 radical (unpaired) electrons. The molecule has 0 N–H and O–H groups in total. The Hall–Kier alpha value is -1.96. The summed E-state index contributed by atoms with van der Waals surface area (Å²) in [5.74, 6) is -0.0727. The van der Waals surface area contributed by atoms with Gasteiger partial charge in [0.25, 0.3) is 5.91 Å². The highest BCUT2D eigenvalue weighted by molar-refractivity contribution is 7.23. The van der Waals surface area contributed by atoms with Crippen molar-refractivity contribution >= 4 is 44.2 Å². The van der Waals surface area contributed by atoms with Gasteiger partial charge in [0.2, 0.25) is 5.76 Å². The number of hydrogen-bond donors (Lipinski definition) is 0. The topological polar surface area (TPSA) is 68.5 Å². The Morgan fingerprint density at radius 2 is 2.27 bits per heavy atom. The van der Waals surface area contributed by atoms with E-state index in [2.05, 4.69) is 5.16 Å². The zero-order valence-electron chi connectivity index (χ0n) is 14.5. The summed E-state index contributed by atoms with van der Waals surface area (Å²) in [6.45, 7) is 4.91. The molecular formula is C18H18ClN3O3S. The second kappa shape index (κ2) is 6.98. The van der Waals surface area contributed by atoms with Crippen LogP contribution in [0.5, 0.6) is 0 Å². The van der Waals surface area contributed by atoms with Gasteiger partial charge in [-0.25, -0.2) is 4.98 Å². The molecule has 2 aromatic heterocycles. The summed E-state index contributed by atoms with van der Waals surface area (Å²) in [5, 5.41) is 5.05. The van der Waals surface area contributed by atoms with Gasteiger partial charge in [-0.05, 0) is 38.3 Å².